The van der Waals surface area contributed by atoms with Crippen LogP contribution in [-0.2, 0) is 0 Å². The first kappa shape index (κ1) is 20.7. The van der Waals surface area contributed by atoms with Gasteiger partial charge in [-0.05, 0) is 43.4 Å². The van der Waals surface area contributed by atoms with Crippen LogP contribution in [0, 0.1) is 5.82 Å². The number of hydrogen-bond donors (Lipinski definition) is 3. The van der Waals surface area contributed by atoms with Gasteiger partial charge in [-0.15, -0.1) is 0 Å². The maximum absolute atomic E-state index is 13.5. The van der Waals surface area contributed by atoms with E-state index in [2.05, 4.69) is 44.0 Å². The third-order valence-corrected chi connectivity index (χ3v) is 5.23. The number of H-pyrrole nitrogens is 2. The first-order valence-corrected chi connectivity index (χ1v) is 10.2. The Morgan fingerprint density at radius 2 is 1.84 bits per heavy atom. The molecular weight excluding hydrogens is 399 g/mol. The molecule has 2 aromatic carbocycles. The molecule has 0 unspecified atom stereocenters. The zero-order chi connectivity index (χ0) is 22.0. The van der Waals surface area contributed by atoms with E-state index < -0.39 is 11.4 Å². The number of hydrogen-bond acceptors (Lipinski definition) is 5. The normalized spacial score (nSPS) is 11.5. The Morgan fingerprint density at radius 1 is 1.03 bits per heavy atom. The molecular formula is C22H23FN6O2. The maximum Gasteiger partial charge on any atom is 0.278 e. The third kappa shape index (κ3) is 4.31. The van der Waals surface area contributed by atoms with Gasteiger partial charge >= 0.3 is 0 Å². The molecule has 0 saturated carbocycles. The number of carbonyl (C=O) groups excluding carboxylic acids is 1. The number of nitrogens with zero attached hydrogens (tertiary/aromatic N) is 3. The number of carbonyl (C=O) groups is 1. The van der Waals surface area contributed by atoms with Crippen molar-refractivity contribution >= 4 is 28.0 Å². The number of nitrogens with one attached hydrogen (secondary N) is 3. The number of aromatic amines is 2. The number of aromatic nitrogens is 4. The second-order valence-electron chi connectivity index (χ2n) is 7.18. The largest absolute Gasteiger partial charge is 0.351 e. The number of imidazole rings is 1. The Labute approximate surface area is 177 Å². The number of rotatable bonds is 7. The number of benzene rings is 2. The van der Waals surface area contributed by atoms with Gasteiger partial charge in [-0.1, -0.05) is 13.8 Å². The quantitative estimate of drug-likeness (QED) is 0.425. The van der Waals surface area contributed by atoms with Crippen molar-refractivity contribution in [1.82, 2.24) is 30.2 Å². The second-order valence-corrected chi connectivity index (χ2v) is 7.18. The molecule has 0 saturated heterocycles. The highest BCUT2D eigenvalue weighted by atomic mass is 19.1. The van der Waals surface area contributed by atoms with Gasteiger partial charge in [0.2, 0.25) is 0 Å². The van der Waals surface area contributed by atoms with E-state index in [1.165, 1.54) is 18.2 Å². The zero-order valence-electron chi connectivity index (χ0n) is 17.3. The van der Waals surface area contributed by atoms with E-state index in [0.29, 0.717) is 34.2 Å². The summed E-state index contributed by atoms with van der Waals surface area (Å²) in [6, 6.07) is 9.06. The molecule has 0 aliphatic rings. The summed E-state index contributed by atoms with van der Waals surface area (Å²) in [5, 5.41) is 2.92. The standard InChI is InChI=1S/C22H23FN6O2/c1-3-29(4-2)10-9-24-21(30)13-5-7-15-17(11-13)27-20(26-15)19-22(31)28-16-8-6-14(23)12-18(16)25-19/h5-8,11-12H,3-4,9-10H2,1-2H3,(H,24,30)(H,26,27)(H,28,31). The van der Waals surface area contributed by atoms with Gasteiger partial charge in [0, 0.05) is 24.7 Å². The molecule has 0 radical (unpaired) electrons. The molecule has 0 atom stereocenters. The number of fused-ring (bicyclic) bond motifs is 2. The summed E-state index contributed by atoms with van der Waals surface area (Å²) < 4.78 is 13.5. The van der Waals surface area contributed by atoms with E-state index in [-0.39, 0.29) is 17.4 Å². The Morgan fingerprint density at radius 3 is 2.61 bits per heavy atom. The van der Waals surface area contributed by atoms with Crippen LogP contribution in [0.1, 0.15) is 24.2 Å². The van der Waals surface area contributed by atoms with Crippen LogP contribution in [0.2, 0.25) is 0 Å². The summed E-state index contributed by atoms with van der Waals surface area (Å²) in [6.45, 7) is 7.38. The van der Waals surface area contributed by atoms with Crippen LogP contribution < -0.4 is 10.9 Å². The summed E-state index contributed by atoms with van der Waals surface area (Å²) in [6.07, 6.45) is 0. The minimum absolute atomic E-state index is 0.0551. The van der Waals surface area contributed by atoms with Crippen LogP contribution in [0.15, 0.2) is 41.2 Å². The summed E-state index contributed by atoms with van der Waals surface area (Å²) >= 11 is 0. The van der Waals surface area contributed by atoms with Crippen molar-refractivity contribution in [2.45, 2.75) is 13.8 Å². The van der Waals surface area contributed by atoms with Crippen molar-refractivity contribution in [3.63, 3.8) is 0 Å². The van der Waals surface area contributed by atoms with Crippen molar-refractivity contribution in [2.24, 2.45) is 0 Å². The lowest BCUT2D eigenvalue weighted by Gasteiger charge is -2.17. The summed E-state index contributed by atoms with van der Waals surface area (Å²) in [7, 11) is 0. The van der Waals surface area contributed by atoms with Crippen molar-refractivity contribution in [2.75, 3.05) is 26.2 Å². The van der Waals surface area contributed by atoms with Crippen LogP contribution in [0.3, 0.4) is 0 Å². The van der Waals surface area contributed by atoms with Crippen LogP contribution in [0.5, 0.6) is 0 Å². The smallest absolute Gasteiger partial charge is 0.278 e. The van der Waals surface area contributed by atoms with Crippen LogP contribution in [0.4, 0.5) is 4.39 Å². The van der Waals surface area contributed by atoms with Gasteiger partial charge in [0.15, 0.2) is 11.5 Å². The minimum Gasteiger partial charge on any atom is -0.351 e. The average Bonchev–Trinajstić information content (AvgIpc) is 3.19. The van der Waals surface area contributed by atoms with Crippen LogP contribution in [-0.4, -0.2) is 56.9 Å². The molecule has 2 heterocycles. The lowest BCUT2D eigenvalue weighted by molar-refractivity contribution is 0.0949. The van der Waals surface area contributed by atoms with Gasteiger partial charge in [-0.2, -0.15) is 0 Å². The number of halogens is 1. The first-order valence-electron chi connectivity index (χ1n) is 10.2. The van der Waals surface area contributed by atoms with Gasteiger partial charge in [0.25, 0.3) is 11.5 Å². The van der Waals surface area contributed by atoms with E-state index in [1.807, 2.05) is 0 Å². The van der Waals surface area contributed by atoms with E-state index in [0.717, 1.165) is 19.6 Å². The van der Waals surface area contributed by atoms with E-state index >= 15 is 0 Å². The van der Waals surface area contributed by atoms with Gasteiger partial charge in [-0.3, -0.25) is 9.59 Å². The minimum atomic E-state index is -0.445. The van der Waals surface area contributed by atoms with Crippen LogP contribution in [0.25, 0.3) is 33.6 Å². The van der Waals surface area contributed by atoms with Gasteiger partial charge in [0.1, 0.15) is 5.82 Å². The molecule has 0 aliphatic carbocycles. The highest BCUT2D eigenvalue weighted by Crippen LogP contribution is 2.20. The van der Waals surface area contributed by atoms with Gasteiger partial charge in [0.05, 0.1) is 22.1 Å². The Bertz CT molecular complexity index is 1310. The van der Waals surface area contributed by atoms with Crippen molar-refractivity contribution in [1.29, 1.82) is 0 Å². The molecule has 0 bridgehead atoms. The molecule has 31 heavy (non-hydrogen) atoms. The lowest BCUT2D eigenvalue weighted by Crippen LogP contribution is -2.34. The van der Waals surface area contributed by atoms with E-state index in [9.17, 15) is 14.0 Å². The summed E-state index contributed by atoms with van der Waals surface area (Å²) in [4.78, 5) is 41.6. The van der Waals surface area contributed by atoms with Crippen LogP contribution >= 0.6 is 0 Å². The molecule has 4 aromatic rings. The Hall–Kier alpha value is -3.59. The van der Waals surface area contributed by atoms with E-state index in [4.69, 9.17) is 0 Å². The van der Waals surface area contributed by atoms with Crippen molar-refractivity contribution in [3.8, 4) is 11.5 Å². The predicted octanol–water partition coefficient (Wildman–Crippen LogP) is 2.68. The predicted molar refractivity (Wildman–Crippen MR) is 118 cm³/mol. The molecule has 0 aliphatic heterocycles. The highest BCUT2D eigenvalue weighted by molar-refractivity contribution is 5.97. The third-order valence-electron chi connectivity index (χ3n) is 5.23. The molecule has 0 fully saturated rings. The fourth-order valence-electron chi connectivity index (χ4n) is 3.45. The molecule has 3 N–H and O–H groups in total. The fraction of sp³-hybridized carbons (Fsp3) is 0.273. The lowest BCUT2D eigenvalue weighted by atomic mass is 10.2. The van der Waals surface area contributed by atoms with Gasteiger partial charge in [-0.25, -0.2) is 14.4 Å². The molecule has 8 nitrogen and oxygen atoms in total. The van der Waals surface area contributed by atoms with Gasteiger partial charge < -0.3 is 20.2 Å². The van der Waals surface area contributed by atoms with Crippen molar-refractivity contribution in [3.05, 3.63) is 58.1 Å². The Balaban J connectivity index is 1.59. The zero-order valence-corrected chi connectivity index (χ0v) is 17.3. The molecule has 160 valence electrons. The molecule has 1 amide bonds. The first-order chi connectivity index (χ1) is 15.0. The number of likely N-dealkylation sites (N-methyl/N-ethyl adjacent to an activating group) is 1. The average molecular weight is 422 g/mol. The van der Waals surface area contributed by atoms with Crippen molar-refractivity contribution < 1.29 is 9.18 Å². The molecule has 4 rings (SSSR count). The SMILES string of the molecule is CCN(CC)CCNC(=O)c1ccc2nc(-c3nc4cc(F)ccc4[nH]c3=O)[nH]c2c1. The maximum atomic E-state index is 13.5. The van der Waals surface area contributed by atoms with E-state index in [1.54, 1.807) is 18.2 Å². The molecule has 0 spiro atoms. The summed E-state index contributed by atoms with van der Waals surface area (Å²) in [5.41, 5.74) is 2.07. The number of amides is 1. The fourth-order valence-corrected chi connectivity index (χ4v) is 3.45. The summed E-state index contributed by atoms with van der Waals surface area (Å²) in [5.74, 6) is -0.372. The molecule has 9 heteroatoms. The molecule has 2 aromatic heterocycles. The monoisotopic (exact) mass is 422 g/mol. The highest BCUT2D eigenvalue weighted by Gasteiger charge is 2.14. The topological polar surface area (TPSA) is 107 Å². The second kappa shape index (κ2) is 8.65. The Kier molecular flexibility index (Phi) is 5.77.